The van der Waals surface area contributed by atoms with Crippen LogP contribution in [0.25, 0.3) is 21.9 Å². The van der Waals surface area contributed by atoms with E-state index < -0.39 is 0 Å². The Bertz CT molecular complexity index is 894. The first-order chi connectivity index (χ1) is 12.7. The maximum atomic E-state index is 6.19. The molecule has 1 aromatic carbocycles. The lowest BCUT2D eigenvalue weighted by Crippen LogP contribution is -2.06. The number of hydrogen-bond acceptors (Lipinski definition) is 5. The third kappa shape index (κ3) is 3.71. The first kappa shape index (κ1) is 18.7. The first-order valence-electron chi connectivity index (χ1n) is 9.04. The fourth-order valence-corrected chi connectivity index (χ4v) is 3.15. The Morgan fingerprint density at radius 1 is 1.23 bits per heavy atom. The van der Waals surface area contributed by atoms with Gasteiger partial charge in [-0.2, -0.15) is 0 Å². The van der Waals surface area contributed by atoms with Gasteiger partial charge in [-0.15, -0.1) is 11.6 Å². The zero-order valence-electron chi connectivity index (χ0n) is 15.3. The number of alkyl halides is 1. The van der Waals surface area contributed by atoms with Gasteiger partial charge < -0.3 is 19.8 Å². The number of halogens is 1. The Hall–Kier alpha value is -2.05. The predicted octanol–water partition coefficient (Wildman–Crippen LogP) is 4.12. The zero-order chi connectivity index (χ0) is 18.5. The van der Waals surface area contributed by atoms with Crippen LogP contribution in [0.2, 0.25) is 0 Å². The molecule has 2 aromatic heterocycles. The minimum atomic E-state index is 0.441. The number of pyridine rings is 1. The molecule has 2 N–H and O–H groups in total. The van der Waals surface area contributed by atoms with Gasteiger partial charge in [0.1, 0.15) is 23.7 Å². The van der Waals surface area contributed by atoms with Crippen LogP contribution in [-0.2, 0) is 17.9 Å². The first-order valence-corrected chi connectivity index (χ1v) is 9.57. The highest BCUT2D eigenvalue weighted by Gasteiger charge is 2.17. The summed E-state index contributed by atoms with van der Waals surface area (Å²) in [5.41, 5.74) is 8.74. The standard InChI is InChI=1S/C19H25ClN4O2/c1-3-9-24-16(12-25-4-2)23-17-18(24)14-11-13(26-10-5-8-20)6-7-15(14)22-19(17)21/h6-7,11H,3-5,8-10,12H2,1-2H3,(H2,21,22). The smallest absolute Gasteiger partial charge is 0.152 e. The molecule has 0 fully saturated rings. The Kier molecular flexibility index (Phi) is 6.16. The molecule has 2 heterocycles. The molecule has 3 rings (SSSR count). The Balaban J connectivity index is 2.16. The monoisotopic (exact) mass is 376 g/mol. The van der Waals surface area contributed by atoms with Crippen molar-refractivity contribution in [2.24, 2.45) is 0 Å². The molecule has 3 aromatic rings. The summed E-state index contributed by atoms with van der Waals surface area (Å²) in [5.74, 6) is 2.69. The third-order valence-corrected chi connectivity index (χ3v) is 4.45. The van der Waals surface area contributed by atoms with Crippen LogP contribution in [0.15, 0.2) is 18.2 Å². The predicted molar refractivity (Wildman–Crippen MR) is 106 cm³/mol. The maximum Gasteiger partial charge on any atom is 0.152 e. The van der Waals surface area contributed by atoms with Crippen LogP contribution in [0.4, 0.5) is 5.82 Å². The van der Waals surface area contributed by atoms with Crippen LogP contribution in [0.5, 0.6) is 5.75 Å². The number of rotatable bonds is 9. The van der Waals surface area contributed by atoms with Gasteiger partial charge in [0.15, 0.2) is 5.82 Å². The third-order valence-electron chi connectivity index (χ3n) is 4.18. The van der Waals surface area contributed by atoms with E-state index in [1.54, 1.807) is 0 Å². The van der Waals surface area contributed by atoms with Crippen molar-refractivity contribution < 1.29 is 9.47 Å². The van der Waals surface area contributed by atoms with Gasteiger partial charge in [-0.1, -0.05) is 6.92 Å². The molecule has 140 valence electrons. The van der Waals surface area contributed by atoms with Gasteiger partial charge in [-0.05, 0) is 38.0 Å². The van der Waals surface area contributed by atoms with Crippen molar-refractivity contribution in [3.05, 3.63) is 24.0 Å². The minimum Gasteiger partial charge on any atom is -0.494 e. The van der Waals surface area contributed by atoms with E-state index in [9.17, 15) is 0 Å². The van der Waals surface area contributed by atoms with Gasteiger partial charge in [-0.25, -0.2) is 9.97 Å². The largest absolute Gasteiger partial charge is 0.494 e. The summed E-state index contributed by atoms with van der Waals surface area (Å²) in [4.78, 5) is 9.24. The van der Waals surface area contributed by atoms with E-state index in [1.165, 1.54) is 0 Å². The quantitative estimate of drug-likeness (QED) is 0.449. The van der Waals surface area contributed by atoms with Gasteiger partial charge in [0.2, 0.25) is 0 Å². The zero-order valence-corrected chi connectivity index (χ0v) is 16.1. The fraction of sp³-hybridized carbons (Fsp3) is 0.474. The van der Waals surface area contributed by atoms with Crippen molar-refractivity contribution in [2.75, 3.05) is 24.8 Å². The lowest BCUT2D eigenvalue weighted by molar-refractivity contribution is 0.126. The molecule has 0 bridgehead atoms. The van der Waals surface area contributed by atoms with Crippen molar-refractivity contribution in [3.8, 4) is 5.75 Å². The highest BCUT2D eigenvalue weighted by Crippen LogP contribution is 2.31. The number of nitrogen functional groups attached to an aromatic ring is 1. The van der Waals surface area contributed by atoms with Crippen molar-refractivity contribution in [1.29, 1.82) is 0 Å². The summed E-state index contributed by atoms with van der Waals surface area (Å²) in [7, 11) is 0. The average Bonchev–Trinajstić information content (AvgIpc) is 3.00. The summed E-state index contributed by atoms with van der Waals surface area (Å²) in [6.45, 7) is 6.64. The number of imidazole rings is 1. The molecule has 0 saturated heterocycles. The molecule has 0 aliphatic heterocycles. The van der Waals surface area contributed by atoms with Gasteiger partial charge in [0, 0.05) is 24.4 Å². The molecule has 0 amide bonds. The highest BCUT2D eigenvalue weighted by atomic mass is 35.5. The topological polar surface area (TPSA) is 75.2 Å². The van der Waals surface area contributed by atoms with Crippen LogP contribution in [-0.4, -0.2) is 33.6 Å². The fourth-order valence-electron chi connectivity index (χ4n) is 3.04. The van der Waals surface area contributed by atoms with Gasteiger partial charge in [-0.3, -0.25) is 0 Å². The second kappa shape index (κ2) is 8.56. The number of fused-ring (bicyclic) bond motifs is 3. The molecule has 0 aliphatic rings. The number of aromatic nitrogens is 3. The number of anilines is 1. The van der Waals surface area contributed by atoms with E-state index in [4.69, 9.17) is 31.8 Å². The van der Waals surface area contributed by atoms with Crippen LogP contribution in [0.3, 0.4) is 0 Å². The number of aryl methyl sites for hydroxylation is 1. The van der Waals surface area contributed by atoms with Crippen molar-refractivity contribution in [3.63, 3.8) is 0 Å². The minimum absolute atomic E-state index is 0.441. The normalized spacial score (nSPS) is 11.5. The molecule has 6 nitrogen and oxygen atoms in total. The van der Waals surface area contributed by atoms with Gasteiger partial charge in [0.25, 0.3) is 0 Å². The number of ether oxygens (including phenoxy) is 2. The van der Waals surface area contributed by atoms with E-state index >= 15 is 0 Å². The Morgan fingerprint density at radius 3 is 2.81 bits per heavy atom. The molecule has 0 radical (unpaired) electrons. The molecular weight excluding hydrogens is 352 g/mol. The van der Waals surface area contributed by atoms with Gasteiger partial charge >= 0.3 is 0 Å². The molecule has 7 heteroatoms. The molecular formula is C19H25ClN4O2. The number of hydrogen-bond donors (Lipinski definition) is 1. The number of nitrogens with two attached hydrogens (primary N) is 1. The van der Waals surface area contributed by atoms with E-state index in [0.717, 1.165) is 52.9 Å². The van der Waals surface area contributed by atoms with Crippen LogP contribution < -0.4 is 10.5 Å². The lowest BCUT2D eigenvalue weighted by Gasteiger charge is -2.11. The van der Waals surface area contributed by atoms with Gasteiger partial charge in [0.05, 0.1) is 17.6 Å². The van der Waals surface area contributed by atoms with Crippen molar-refractivity contribution in [2.45, 2.75) is 39.8 Å². The van der Waals surface area contributed by atoms with Crippen LogP contribution in [0, 0.1) is 0 Å². The van der Waals surface area contributed by atoms with E-state index in [2.05, 4.69) is 16.5 Å². The molecule has 26 heavy (non-hydrogen) atoms. The summed E-state index contributed by atoms with van der Waals surface area (Å²) in [5, 5.41) is 0.987. The summed E-state index contributed by atoms with van der Waals surface area (Å²) >= 11 is 5.73. The second-order valence-electron chi connectivity index (χ2n) is 6.08. The number of benzene rings is 1. The highest BCUT2D eigenvalue weighted by molar-refractivity contribution is 6.17. The Morgan fingerprint density at radius 2 is 2.08 bits per heavy atom. The molecule has 0 unspecified atom stereocenters. The van der Waals surface area contributed by atoms with Crippen molar-refractivity contribution >= 4 is 39.4 Å². The van der Waals surface area contributed by atoms with Crippen molar-refractivity contribution in [1.82, 2.24) is 14.5 Å². The second-order valence-corrected chi connectivity index (χ2v) is 6.46. The van der Waals surface area contributed by atoms with Crippen LogP contribution in [0.1, 0.15) is 32.5 Å². The summed E-state index contributed by atoms with van der Waals surface area (Å²) < 4.78 is 13.6. The Labute approximate surface area is 158 Å². The summed E-state index contributed by atoms with van der Waals surface area (Å²) in [6, 6.07) is 5.86. The maximum absolute atomic E-state index is 6.19. The number of nitrogens with zero attached hydrogens (tertiary/aromatic N) is 3. The molecule has 0 saturated carbocycles. The van der Waals surface area contributed by atoms with E-state index in [-0.39, 0.29) is 0 Å². The molecule has 0 aliphatic carbocycles. The van der Waals surface area contributed by atoms with E-state index in [0.29, 0.717) is 31.5 Å². The summed E-state index contributed by atoms with van der Waals surface area (Å²) in [6.07, 6.45) is 1.79. The van der Waals surface area contributed by atoms with Crippen LogP contribution >= 0.6 is 11.6 Å². The molecule has 0 atom stereocenters. The molecule has 0 spiro atoms. The SMILES string of the molecule is CCCn1c(COCC)nc2c(N)nc3ccc(OCCCCl)cc3c21. The average molecular weight is 377 g/mol. The lowest BCUT2D eigenvalue weighted by atomic mass is 10.1. The van der Waals surface area contributed by atoms with E-state index in [1.807, 2.05) is 25.1 Å².